The molecule has 0 amide bonds. The number of rotatable bonds is 5. The number of sulfone groups is 1. The van der Waals surface area contributed by atoms with Gasteiger partial charge in [0, 0.05) is 22.8 Å². The minimum absolute atomic E-state index is 0.0795. The van der Waals surface area contributed by atoms with Crippen LogP contribution in [0, 0.1) is 0 Å². The molecule has 112 valence electrons. The Bertz CT molecular complexity index is 727. The molecule has 0 aliphatic carbocycles. The van der Waals surface area contributed by atoms with E-state index in [2.05, 4.69) is 5.32 Å². The molecule has 6 heteroatoms. The van der Waals surface area contributed by atoms with E-state index in [1.165, 1.54) is 6.07 Å². The van der Waals surface area contributed by atoms with Gasteiger partial charge in [0.2, 0.25) is 0 Å². The highest BCUT2D eigenvalue weighted by atomic mass is 35.5. The number of benzene rings is 2. The molecule has 0 aliphatic heterocycles. The van der Waals surface area contributed by atoms with Crippen molar-refractivity contribution in [3.05, 3.63) is 53.1 Å². The van der Waals surface area contributed by atoms with Crippen LogP contribution in [0.2, 0.25) is 5.02 Å². The molecule has 2 aromatic rings. The second-order valence-electron chi connectivity index (χ2n) is 4.55. The molecule has 0 saturated carbocycles. The summed E-state index contributed by atoms with van der Waals surface area (Å²) in [4.78, 5) is 0.307. The third-order valence-electron chi connectivity index (χ3n) is 3.12. The van der Waals surface area contributed by atoms with Gasteiger partial charge in [-0.25, -0.2) is 8.42 Å². The molecule has 4 nitrogen and oxygen atoms in total. The lowest BCUT2D eigenvalue weighted by molar-refractivity contribution is 0.469. The lowest BCUT2D eigenvalue weighted by Crippen LogP contribution is -2.04. The van der Waals surface area contributed by atoms with Crippen molar-refractivity contribution in [1.29, 1.82) is 0 Å². The Kier molecular flexibility index (Phi) is 4.75. The highest BCUT2D eigenvalue weighted by Crippen LogP contribution is 2.23. The highest BCUT2D eigenvalue weighted by molar-refractivity contribution is 7.91. The molecule has 0 heterocycles. The zero-order chi connectivity index (χ0) is 15.5. The largest absolute Gasteiger partial charge is 0.508 e. The fraction of sp³-hybridized carbons (Fsp3) is 0.200. The third-order valence-corrected chi connectivity index (χ3v) is 5.10. The van der Waals surface area contributed by atoms with Crippen LogP contribution < -0.4 is 5.32 Å². The molecule has 0 atom stereocenters. The molecule has 0 saturated heterocycles. The molecule has 2 aromatic carbocycles. The summed E-state index contributed by atoms with van der Waals surface area (Å²) in [6, 6.07) is 11.4. The SMILES string of the molecule is CCS(=O)(=O)c1ccc(NCc2cc(Cl)ccc2O)cc1. The number of halogens is 1. The van der Waals surface area contributed by atoms with Crippen LogP contribution in [0.1, 0.15) is 12.5 Å². The molecule has 2 N–H and O–H groups in total. The van der Waals surface area contributed by atoms with Crippen LogP contribution in [0.4, 0.5) is 5.69 Å². The maximum Gasteiger partial charge on any atom is 0.178 e. The van der Waals surface area contributed by atoms with Crippen LogP contribution in [0.25, 0.3) is 0 Å². The van der Waals surface area contributed by atoms with E-state index in [1.807, 2.05) is 0 Å². The minimum Gasteiger partial charge on any atom is -0.508 e. The number of hydrogen-bond donors (Lipinski definition) is 2. The number of phenols is 1. The summed E-state index contributed by atoms with van der Waals surface area (Å²) in [5, 5.41) is 13.4. The van der Waals surface area contributed by atoms with Crippen molar-refractivity contribution >= 4 is 27.1 Å². The molecule has 0 spiro atoms. The van der Waals surface area contributed by atoms with Crippen LogP contribution in [0.15, 0.2) is 47.4 Å². The number of aromatic hydroxyl groups is 1. The van der Waals surface area contributed by atoms with E-state index in [9.17, 15) is 13.5 Å². The predicted octanol–water partition coefficient (Wildman–Crippen LogP) is 3.45. The Morgan fingerprint density at radius 3 is 2.43 bits per heavy atom. The summed E-state index contributed by atoms with van der Waals surface area (Å²) in [7, 11) is -3.18. The van der Waals surface area contributed by atoms with E-state index >= 15 is 0 Å². The first-order chi connectivity index (χ1) is 9.92. The topological polar surface area (TPSA) is 66.4 Å². The molecule has 0 aromatic heterocycles. The summed E-state index contributed by atoms with van der Waals surface area (Å²) in [5.41, 5.74) is 1.44. The Balaban J connectivity index is 2.09. The quantitative estimate of drug-likeness (QED) is 0.883. The highest BCUT2D eigenvalue weighted by Gasteiger charge is 2.10. The molecule has 0 radical (unpaired) electrons. The van der Waals surface area contributed by atoms with Gasteiger partial charge in [0.25, 0.3) is 0 Å². The smallest absolute Gasteiger partial charge is 0.178 e. The summed E-state index contributed by atoms with van der Waals surface area (Å²) in [6.07, 6.45) is 0. The Labute approximate surface area is 129 Å². The van der Waals surface area contributed by atoms with Crippen LogP contribution in [0.5, 0.6) is 5.75 Å². The summed E-state index contributed by atoms with van der Waals surface area (Å²) < 4.78 is 23.4. The normalized spacial score (nSPS) is 11.3. The van der Waals surface area contributed by atoms with Gasteiger partial charge in [0.05, 0.1) is 10.6 Å². The number of hydrogen-bond acceptors (Lipinski definition) is 4. The first-order valence-corrected chi connectivity index (χ1v) is 8.49. The van der Waals surface area contributed by atoms with Crippen molar-refractivity contribution in [2.24, 2.45) is 0 Å². The van der Waals surface area contributed by atoms with E-state index in [1.54, 1.807) is 43.3 Å². The van der Waals surface area contributed by atoms with Gasteiger partial charge in [-0.3, -0.25) is 0 Å². The van der Waals surface area contributed by atoms with Crippen LogP contribution in [-0.2, 0) is 16.4 Å². The van der Waals surface area contributed by atoms with Crippen molar-refractivity contribution in [3.8, 4) is 5.75 Å². The number of nitrogens with one attached hydrogen (secondary N) is 1. The van der Waals surface area contributed by atoms with Gasteiger partial charge in [0.15, 0.2) is 9.84 Å². The summed E-state index contributed by atoms with van der Waals surface area (Å²) in [6.45, 7) is 2.01. The summed E-state index contributed by atoms with van der Waals surface area (Å²) in [5.74, 6) is 0.243. The van der Waals surface area contributed by atoms with Gasteiger partial charge in [-0.1, -0.05) is 18.5 Å². The fourth-order valence-corrected chi connectivity index (χ4v) is 2.92. The average Bonchev–Trinajstić information content (AvgIpc) is 2.48. The predicted molar refractivity (Wildman–Crippen MR) is 84.6 cm³/mol. The van der Waals surface area contributed by atoms with Gasteiger partial charge in [0.1, 0.15) is 5.75 Å². The molecule has 21 heavy (non-hydrogen) atoms. The van der Waals surface area contributed by atoms with Crippen molar-refractivity contribution in [2.75, 3.05) is 11.1 Å². The van der Waals surface area contributed by atoms with Crippen LogP contribution in [-0.4, -0.2) is 19.3 Å². The van der Waals surface area contributed by atoms with Gasteiger partial charge < -0.3 is 10.4 Å². The summed E-state index contributed by atoms with van der Waals surface area (Å²) >= 11 is 5.88. The molecular formula is C15H16ClNO3S. The molecule has 0 aliphatic rings. The molecule has 2 rings (SSSR count). The Morgan fingerprint density at radius 2 is 1.81 bits per heavy atom. The molecule has 0 bridgehead atoms. The lowest BCUT2D eigenvalue weighted by atomic mass is 10.2. The Morgan fingerprint density at radius 1 is 1.14 bits per heavy atom. The standard InChI is InChI=1S/C15H16ClNO3S/c1-2-21(19,20)14-6-4-13(5-7-14)17-10-11-9-12(16)3-8-15(11)18/h3-9,17-18H,2,10H2,1H3. The maximum absolute atomic E-state index is 11.7. The number of phenolic OH excluding ortho intramolecular Hbond substituents is 1. The van der Waals surface area contributed by atoms with Gasteiger partial charge in [-0.05, 0) is 42.5 Å². The first kappa shape index (κ1) is 15.7. The zero-order valence-electron chi connectivity index (χ0n) is 11.5. The molecule has 0 fully saturated rings. The van der Waals surface area contributed by atoms with Crippen molar-refractivity contribution in [2.45, 2.75) is 18.4 Å². The number of anilines is 1. The van der Waals surface area contributed by atoms with E-state index in [-0.39, 0.29) is 11.5 Å². The molecular weight excluding hydrogens is 310 g/mol. The first-order valence-electron chi connectivity index (χ1n) is 6.46. The van der Waals surface area contributed by atoms with Crippen molar-refractivity contribution < 1.29 is 13.5 Å². The fourth-order valence-electron chi connectivity index (χ4n) is 1.84. The second-order valence-corrected chi connectivity index (χ2v) is 7.27. The van der Waals surface area contributed by atoms with E-state index in [4.69, 9.17) is 11.6 Å². The third kappa shape index (κ3) is 3.89. The Hall–Kier alpha value is -1.72. The van der Waals surface area contributed by atoms with Gasteiger partial charge >= 0.3 is 0 Å². The lowest BCUT2D eigenvalue weighted by Gasteiger charge is -2.09. The minimum atomic E-state index is -3.18. The van der Waals surface area contributed by atoms with Gasteiger partial charge in [-0.2, -0.15) is 0 Å². The van der Waals surface area contributed by atoms with E-state index in [0.717, 1.165) is 5.69 Å². The van der Waals surface area contributed by atoms with Crippen molar-refractivity contribution in [3.63, 3.8) is 0 Å². The maximum atomic E-state index is 11.7. The van der Waals surface area contributed by atoms with Crippen LogP contribution in [0.3, 0.4) is 0 Å². The monoisotopic (exact) mass is 325 g/mol. The van der Waals surface area contributed by atoms with E-state index in [0.29, 0.717) is 22.0 Å². The second kappa shape index (κ2) is 6.37. The van der Waals surface area contributed by atoms with E-state index < -0.39 is 9.84 Å². The average molecular weight is 326 g/mol. The van der Waals surface area contributed by atoms with Crippen molar-refractivity contribution in [1.82, 2.24) is 0 Å². The van der Waals surface area contributed by atoms with Crippen LogP contribution >= 0.6 is 11.6 Å². The zero-order valence-corrected chi connectivity index (χ0v) is 13.1. The van der Waals surface area contributed by atoms with Gasteiger partial charge in [-0.15, -0.1) is 0 Å². The molecule has 0 unspecified atom stereocenters.